The maximum Gasteiger partial charge on any atom is 0.220 e. The number of nitrogens with one attached hydrogen (secondary N) is 1. The number of amides is 1. The summed E-state index contributed by atoms with van der Waals surface area (Å²) in [6.45, 7) is 3.47. The van der Waals surface area contributed by atoms with Gasteiger partial charge in [-0.1, -0.05) is 13.0 Å². The van der Waals surface area contributed by atoms with Crippen molar-refractivity contribution in [3.63, 3.8) is 0 Å². The molecule has 1 aliphatic carbocycles. The Bertz CT molecular complexity index is 446. The van der Waals surface area contributed by atoms with Crippen LogP contribution in [0.4, 0.5) is 0 Å². The van der Waals surface area contributed by atoms with Crippen LogP contribution in [0.2, 0.25) is 0 Å². The van der Waals surface area contributed by atoms with E-state index in [9.17, 15) is 4.79 Å². The van der Waals surface area contributed by atoms with Crippen molar-refractivity contribution in [3.05, 3.63) is 29.3 Å². The van der Waals surface area contributed by atoms with Gasteiger partial charge < -0.3 is 15.8 Å². The Morgan fingerprint density at radius 2 is 2.37 bits per heavy atom. The van der Waals surface area contributed by atoms with Crippen molar-refractivity contribution in [1.82, 2.24) is 5.32 Å². The van der Waals surface area contributed by atoms with E-state index < -0.39 is 0 Å². The van der Waals surface area contributed by atoms with Crippen molar-refractivity contribution in [2.45, 2.75) is 38.6 Å². The minimum absolute atomic E-state index is 0.261. The van der Waals surface area contributed by atoms with Gasteiger partial charge in [0.2, 0.25) is 5.91 Å². The van der Waals surface area contributed by atoms with E-state index in [4.69, 9.17) is 10.5 Å². The van der Waals surface area contributed by atoms with Gasteiger partial charge in [0.1, 0.15) is 5.75 Å². The zero-order valence-electron chi connectivity index (χ0n) is 11.4. The molecule has 1 amide bonds. The number of hydrogen-bond acceptors (Lipinski definition) is 3. The van der Waals surface area contributed by atoms with Gasteiger partial charge in [-0.3, -0.25) is 4.79 Å². The Kier molecular flexibility index (Phi) is 4.80. The fourth-order valence-electron chi connectivity index (χ4n) is 2.61. The summed E-state index contributed by atoms with van der Waals surface area (Å²) in [5.74, 6) is 0.502. The Morgan fingerprint density at radius 3 is 3.11 bits per heavy atom. The lowest BCUT2D eigenvalue weighted by molar-refractivity contribution is -0.118. The van der Waals surface area contributed by atoms with Crippen molar-refractivity contribution in [2.24, 2.45) is 5.73 Å². The lowest BCUT2D eigenvalue weighted by atomic mass is 9.87. The fourth-order valence-corrected chi connectivity index (χ4v) is 2.61. The first-order chi connectivity index (χ1) is 9.20. The van der Waals surface area contributed by atoms with Crippen LogP contribution in [0.25, 0.3) is 0 Å². The van der Waals surface area contributed by atoms with E-state index in [2.05, 4.69) is 24.4 Å². The number of hydrogen-bond donors (Lipinski definition) is 2. The number of benzene rings is 1. The second-order valence-corrected chi connectivity index (χ2v) is 4.93. The highest BCUT2D eigenvalue weighted by molar-refractivity contribution is 5.73. The average Bonchev–Trinajstić information content (AvgIpc) is 2.39. The third-order valence-corrected chi connectivity index (χ3v) is 3.50. The van der Waals surface area contributed by atoms with Crippen molar-refractivity contribution in [2.75, 3.05) is 13.2 Å². The smallest absolute Gasteiger partial charge is 0.220 e. The van der Waals surface area contributed by atoms with Gasteiger partial charge in [-0.15, -0.1) is 0 Å². The summed E-state index contributed by atoms with van der Waals surface area (Å²) in [5, 5.41) is 3.52. The van der Waals surface area contributed by atoms with Crippen LogP contribution in [0.5, 0.6) is 5.75 Å². The van der Waals surface area contributed by atoms with Crippen molar-refractivity contribution < 1.29 is 9.53 Å². The van der Waals surface area contributed by atoms with Crippen LogP contribution in [-0.2, 0) is 11.2 Å². The van der Waals surface area contributed by atoms with Gasteiger partial charge in [0, 0.05) is 6.04 Å². The molecule has 0 heterocycles. The van der Waals surface area contributed by atoms with E-state index in [0.29, 0.717) is 12.6 Å². The second-order valence-electron chi connectivity index (χ2n) is 4.93. The molecule has 1 atom stereocenters. The molecule has 0 radical (unpaired) electrons. The molecule has 0 bridgehead atoms. The van der Waals surface area contributed by atoms with Gasteiger partial charge in [-0.25, -0.2) is 0 Å². The molecule has 3 N–H and O–H groups in total. The molecule has 4 heteroatoms. The van der Waals surface area contributed by atoms with Gasteiger partial charge >= 0.3 is 0 Å². The van der Waals surface area contributed by atoms with Crippen LogP contribution in [0.1, 0.15) is 43.4 Å². The minimum Gasteiger partial charge on any atom is -0.493 e. The monoisotopic (exact) mass is 262 g/mol. The quantitative estimate of drug-likeness (QED) is 0.823. The molecule has 4 nitrogen and oxygen atoms in total. The zero-order valence-corrected chi connectivity index (χ0v) is 11.4. The molecule has 0 saturated carbocycles. The van der Waals surface area contributed by atoms with Crippen LogP contribution < -0.4 is 15.8 Å². The van der Waals surface area contributed by atoms with E-state index in [0.717, 1.165) is 18.7 Å². The SMILES string of the molecule is CCNC1CCCc2cc(OCCC(N)=O)ccc21. The minimum atomic E-state index is -0.329. The van der Waals surface area contributed by atoms with Gasteiger partial charge in [-0.05, 0) is 49.1 Å². The van der Waals surface area contributed by atoms with Crippen LogP contribution in [0.15, 0.2) is 18.2 Å². The molecule has 1 aromatic rings. The van der Waals surface area contributed by atoms with Crippen LogP contribution in [0.3, 0.4) is 0 Å². The highest BCUT2D eigenvalue weighted by Gasteiger charge is 2.19. The maximum atomic E-state index is 10.7. The van der Waals surface area contributed by atoms with E-state index >= 15 is 0 Å². The molecule has 19 heavy (non-hydrogen) atoms. The molecule has 0 aromatic heterocycles. The third kappa shape index (κ3) is 3.70. The summed E-state index contributed by atoms with van der Waals surface area (Å²) in [6, 6.07) is 6.69. The van der Waals surface area contributed by atoms with Crippen molar-refractivity contribution in [1.29, 1.82) is 0 Å². The van der Waals surface area contributed by atoms with Gasteiger partial charge in [0.15, 0.2) is 0 Å². The van der Waals surface area contributed by atoms with Crippen LogP contribution >= 0.6 is 0 Å². The standard InChI is InChI=1S/C15H22N2O2/c1-2-17-14-5-3-4-11-10-12(6-7-13(11)14)19-9-8-15(16)18/h6-7,10,14,17H,2-5,8-9H2,1H3,(H2,16,18). The summed E-state index contributed by atoms with van der Waals surface area (Å²) >= 11 is 0. The summed E-state index contributed by atoms with van der Waals surface area (Å²) in [5.41, 5.74) is 7.83. The first kappa shape index (κ1) is 13.9. The molecule has 1 unspecified atom stereocenters. The third-order valence-electron chi connectivity index (χ3n) is 3.50. The Morgan fingerprint density at radius 1 is 1.53 bits per heavy atom. The molecule has 0 fully saturated rings. The first-order valence-electron chi connectivity index (χ1n) is 6.98. The molecule has 2 rings (SSSR count). The number of carbonyl (C=O) groups is 1. The molecule has 1 aromatic carbocycles. The molecule has 1 aliphatic rings. The number of fused-ring (bicyclic) bond motifs is 1. The summed E-state index contributed by atoms with van der Waals surface area (Å²) in [6.07, 6.45) is 3.76. The molecule has 0 spiro atoms. The second kappa shape index (κ2) is 6.57. The largest absolute Gasteiger partial charge is 0.493 e. The lowest BCUT2D eigenvalue weighted by Crippen LogP contribution is -2.24. The highest BCUT2D eigenvalue weighted by Crippen LogP contribution is 2.32. The van der Waals surface area contributed by atoms with Gasteiger partial charge in [0.05, 0.1) is 13.0 Å². The predicted octanol–water partition coefficient (Wildman–Crippen LogP) is 1.93. The number of rotatable bonds is 6. The average molecular weight is 262 g/mol. The molecule has 104 valence electrons. The summed E-state index contributed by atoms with van der Waals surface area (Å²) in [7, 11) is 0. The number of ether oxygens (including phenoxy) is 1. The predicted molar refractivity (Wildman–Crippen MR) is 75.1 cm³/mol. The van der Waals surface area contributed by atoms with Crippen molar-refractivity contribution in [3.8, 4) is 5.75 Å². The Labute approximate surface area is 114 Å². The topological polar surface area (TPSA) is 64.3 Å². The molecular formula is C15H22N2O2. The molecule has 0 aliphatic heterocycles. The first-order valence-corrected chi connectivity index (χ1v) is 6.98. The Balaban J connectivity index is 2.04. The fraction of sp³-hybridized carbons (Fsp3) is 0.533. The van der Waals surface area contributed by atoms with Gasteiger partial charge in [-0.2, -0.15) is 0 Å². The number of primary amides is 1. The van der Waals surface area contributed by atoms with Crippen LogP contribution in [-0.4, -0.2) is 19.1 Å². The number of nitrogens with two attached hydrogens (primary N) is 1. The Hall–Kier alpha value is -1.55. The van der Waals surface area contributed by atoms with Crippen LogP contribution in [0, 0.1) is 0 Å². The van der Waals surface area contributed by atoms with E-state index in [1.807, 2.05) is 6.07 Å². The maximum absolute atomic E-state index is 10.7. The lowest BCUT2D eigenvalue weighted by Gasteiger charge is -2.26. The van der Waals surface area contributed by atoms with E-state index in [1.54, 1.807) is 0 Å². The summed E-state index contributed by atoms with van der Waals surface area (Å²) < 4.78 is 5.56. The number of carbonyl (C=O) groups excluding carboxylic acids is 1. The zero-order chi connectivity index (χ0) is 13.7. The summed E-state index contributed by atoms with van der Waals surface area (Å²) in [4.78, 5) is 10.7. The van der Waals surface area contributed by atoms with E-state index in [1.165, 1.54) is 24.0 Å². The number of aryl methyl sites for hydroxylation is 1. The molecule has 0 saturated heterocycles. The highest BCUT2D eigenvalue weighted by atomic mass is 16.5. The van der Waals surface area contributed by atoms with E-state index in [-0.39, 0.29) is 12.3 Å². The molecular weight excluding hydrogens is 240 g/mol. The van der Waals surface area contributed by atoms with Gasteiger partial charge in [0.25, 0.3) is 0 Å². The normalized spacial score (nSPS) is 17.8. The van der Waals surface area contributed by atoms with Crippen molar-refractivity contribution >= 4 is 5.91 Å².